The zero-order valence-electron chi connectivity index (χ0n) is 14.1. The average Bonchev–Trinajstić information content (AvgIpc) is 2.54. The number of aromatic amines is 1. The second kappa shape index (κ2) is 7.72. The van der Waals surface area contributed by atoms with E-state index in [-0.39, 0.29) is 30.0 Å². The number of aliphatic hydroxyl groups excluding tert-OH is 1. The van der Waals surface area contributed by atoms with Gasteiger partial charge in [0.25, 0.3) is 11.5 Å². The quantitative estimate of drug-likeness (QED) is 0.698. The summed E-state index contributed by atoms with van der Waals surface area (Å²) in [6, 6.07) is 4.80. The predicted molar refractivity (Wildman–Crippen MR) is 96.9 cm³/mol. The van der Waals surface area contributed by atoms with E-state index in [0.29, 0.717) is 34.2 Å². The van der Waals surface area contributed by atoms with Crippen molar-refractivity contribution in [1.82, 2.24) is 14.9 Å². The molecule has 0 unspecified atom stereocenters. The highest BCUT2D eigenvalue weighted by Gasteiger charge is 2.17. The van der Waals surface area contributed by atoms with Crippen LogP contribution < -0.4 is 10.9 Å². The SMILES string of the molecule is CCn1c(=S)[nH]c2cc(C(=O)N[C@@H](CCO)C(C)C)ccc2c1=O. The van der Waals surface area contributed by atoms with E-state index in [4.69, 9.17) is 17.3 Å². The lowest BCUT2D eigenvalue weighted by Crippen LogP contribution is -2.39. The summed E-state index contributed by atoms with van der Waals surface area (Å²) in [6.07, 6.45) is 0.501. The molecule has 0 aliphatic heterocycles. The Labute approximate surface area is 145 Å². The molecule has 24 heavy (non-hydrogen) atoms. The minimum absolute atomic E-state index is 0.0183. The third kappa shape index (κ3) is 3.73. The Morgan fingerprint density at radius 1 is 1.42 bits per heavy atom. The molecule has 0 spiro atoms. The highest BCUT2D eigenvalue weighted by molar-refractivity contribution is 7.71. The zero-order valence-corrected chi connectivity index (χ0v) is 14.9. The van der Waals surface area contributed by atoms with Gasteiger partial charge in [-0.15, -0.1) is 0 Å². The van der Waals surface area contributed by atoms with Gasteiger partial charge in [0.2, 0.25) is 0 Å². The van der Waals surface area contributed by atoms with Gasteiger partial charge in [0, 0.05) is 24.8 Å². The van der Waals surface area contributed by atoms with Gasteiger partial charge in [0.15, 0.2) is 4.77 Å². The fraction of sp³-hybridized carbons (Fsp3) is 0.471. The number of amides is 1. The first-order valence-electron chi connectivity index (χ1n) is 8.07. The zero-order chi connectivity index (χ0) is 17.9. The Balaban J connectivity index is 2.39. The van der Waals surface area contributed by atoms with Crippen molar-refractivity contribution in [2.45, 2.75) is 39.8 Å². The number of nitrogens with zero attached hydrogens (tertiary/aromatic N) is 1. The number of nitrogens with one attached hydrogen (secondary N) is 2. The van der Waals surface area contributed by atoms with Gasteiger partial charge in [0.1, 0.15) is 0 Å². The normalized spacial score (nSPS) is 12.5. The Hall–Kier alpha value is -1.99. The van der Waals surface area contributed by atoms with Gasteiger partial charge >= 0.3 is 0 Å². The molecule has 130 valence electrons. The predicted octanol–water partition coefficient (Wildman–Crippen LogP) is 2.22. The molecule has 0 saturated heterocycles. The molecule has 3 N–H and O–H groups in total. The molecule has 1 atom stereocenters. The molecule has 0 aliphatic carbocycles. The van der Waals surface area contributed by atoms with Gasteiger partial charge in [-0.2, -0.15) is 0 Å². The molecule has 1 aromatic carbocycles. The van der Waals surface area contributed by atoms with E-state index in [9.17, 15) is 9.59 Å². The minimum atomic E-state index is -0.233. The molecular formula is C17H23N3O3S. The third-order valence-corrected chi connectivity index (χ3v) is 4.44. The maximum atomic E-state index is 12.5. The van der Waals surface area contributed by atoms with E-state index in [1.807, 2.05) is 20.8 Å². The van der Waals surface area contributed by atoms with Crippen LogP contribution in [0.15, 0.2) is 23.0 Å². The number of H-pyrrole nitrogens is 1. The summed E-state index contributed by atoms with van der Waals surface area (Å²) < 4.78 is 1.82. The lowest BCUT2D eigenvalue weighted by Gasteiger charge is -2.21. The number of carbonyl (C=O) groups excluding carboxylic acids is 1. The van der Waals surface area contributed by atoms with E-state index >= 15 is 0 Å². The molecule has 0 saturated carbocycles. The largest absolute Gasteiger partial charge is 0.396 e. The summed E-state index contributed by atoms with van der Waals surface area (Å²) >= 11 is 5.19. The fourth-order valence-electron chi connectivity index (χ4n) is 2.65. The first-order chi connectivity index (χ1) is 11.4. The van der Waals surface area contributed by atoms with Crippen molar-refractivity contribution in [3.05, 3.63) is 38.9 Å². The van der Waals surface area contributed by atoms with Crippen LogP contribution in [0.4, 0.5) is 0 Å². The molecule has 6 nitrogen and oxygen atoms in total. The van der Waals surface area contributed by atoms with Gasteiger partial charge in [0.05, 0.1) is 10.9 Å². The Morgan fingerprint density at radius 3 is 2.71 bits per heavy atom. The Bertz CT molecular complexity index is 854. The number of benzene rings is 1. The molecule has 0 bridgehead atoms. The molecule has 2 rings (SSSR count). The number of rotatable bonds is 6. The van der Waals surface area contributed by atoms with Crippen LogP contribution in [-0.2, 0) is 6.54 Å². The van der Waals surface area contributed by atoms with Crippen molar-refractivity contribution < 1.29 is 9.90 Å². The van der Waals surface area contributed by atoms with E-state index < -0.39 is 0 Å². The van der Waals surface area contributed by atoms with Crippen LogP contribution in [0.2, 0.25) is 0 Å². The van der Waals surface area contributed by atoms with Gasteiger partial charge in [-0.1, -0.05) is 13.8 Å². The van der Waals surface area contributed by atoms with Crippen LogP contribution >= 0.6 is 12.2 Å². The van der Waals surface area contributed by atoms with Crippen LogP contribution in [0.3, 0.4) is 0 Å². The van der Waals surface area contributed by atoms with E-state index in [1.165, 1.54) is 4.57 Å². The lowest BCUT2D eigenvalue weighted by atomic mass is 10.0. The van der Waals surface area contributed by atoms with Gasteiger partial charge in [-0.3, -0.25) is 14.2 Å². The highest BCUT2D eigenvalue weighted by Crippen LogP contribution is 2.13. The first-order valence-corrected chi connectivity index (χ1v) is 8.48. The van der Waals surface area contributed by atoms with Crippen LogP contribution in [-0.4, -0.2) is 33.2 Å². The van der Waals surface area contributed by atoms with Crippen molar-refractivity contribution >= 4 is 29.0 Å². The Morgan fingerprint density at radius 2 is 2.12 bits per heavy atom. The summed E-state index contributed by atoms with van der Waals surface area (Å²) in [5.41, 5.74) is 0.833. The van der Waals surface area contributed by atoms with Gasteiger partial charge < -0.3 is 15.4 Å². The second-order valence-electron chi connectivity index (χ2n) is 6.08. The number of fused-ring (bicyclic) bond motifs is 1. The first kappa shape index (κ1) is 18.4. The summed E-state index contributed by atoms with van der Waals surface area (Å²) in [7, 11) is 0. The van der Waals surface area contributed by atoms with Crippen LogP contribution in [0, 0.1) is 10.7 Å². The summed E-state index contributed by atoms with van der Waals surface area (Å²) in [5.74, 6) is -0.0211. The number of hydrogen-bond acceptors (Lipinski definition) is 4. The number of carbonyl (C=O) groups is 1. The molecule has 1 amide bonds. The van der Waals surface area contributed by atoms with Crippen molar-refractivity contribution in [2.24, 2.45) is 5.92 Å². The summed E-state index contributed by atoms with van der Waals surface area (Å²) in [4.78, 5) is 27.8. The summed E-state index contributed by atoms with van der Waals surface area (Å²) in [6.45, 7) is 6.34. The molecule has 1 heterocycles. The van der Waals surface area contributed by atoms with Crippen LogP contribution in [0.5, 0.6) is 0 Å². The smallest absolute Gasteiger partial charge is 0.262 e. The molecule has 2 aromatic rings. The van der Waals surface area contributed by atoms with E-state index in [0.717, 1.165) is 0 Å². The Kier molecular flexibility index (Phi) is 5.90. The van der Waals surface area contributed by atoms with Crippen molar-refractivity contribution in [3.63, 3.8) is 0 Å². The van der Waals surface area contributed by atoms with Crippen LogP contribution in [0.1, 0.15) is 37.6 Å². The average molecular weight is 349 g/mol. The van der Waals surface area contributed by atoms with Crippen molar-refractivity contribution in [3.8, 4) is 0 Å². The van der Waals surface area contributed by atoms with Gasteiger partial charge in [-0.05, 0) is 49.7 Å². The molecular weight excluding hydrogens is 326 g/mol. The van der Waals surface area contributed by atoms with Crippen molar-refractivity contribution in [1.29, 1.82) is 0 Å². The topological polar surface area (TPSA) is 87.1 Å². The fourth-order valence-corrected chi connectivity index (χ4v) is 2.97. The molecule has 0 fully saturated rings. The molecule has 7 heteroatoms. The highest BCUT2D eigenvalue weighted by atomic mass is 32.1. The van der Waals surface area contributed by atoms with Crippen molar-refractivity contribution in [2.75, 3.05) is 6.61 Å². The number of aromatic nitrogens is 2. The van der Waals surface area contributed by atoms with E-state index in [2.05, 4.69) is 10.3 Å². The second-order valence-corrected chi connectivity index (χ2v) is 6.46. The molecule has 0 radical (unpaired) electrons. The lowest BCUT2D eigenvalue weighted by molar-refractivity contribution is 0.0916. The summed E-state index contributed by atoms with van der Waals surface area (Å²) in [5, 5.41) is 12.5. The number of hydrogen-bond donors (Lipinski definition) is 3. The maximum Gasteiger partial charge on any atom is 0.262 e. The standard InChI is InChI=1S/C17H23N3O3S/c1-4-20-16(23)12-6-5-11(9-14(12)19-17(20)24)15(22)18-13(7-8-21)10(2)3/h5-6,9-10,13,21H,4,7-8H2,1-3H3,(H,18,22)(H,19,24)/t13-/m0/s1. The minimum Gasteiger partial charge on any atom is -0.396 e. The number of aliphatic hydroxyl groups is 1. The maximum absolute atomic E-state index is 12.5. The van der Waals surface area contributed by atoms with Gasteiger partial charge in [-0.25, -0.2) is 0 Å². The molecule has 1 aromatic heterocycles. The van der Waals surface area contributed by atoms with Crippen LogP contribution in [0.25, 0.3) is 10.9 Å². The monoisotopic (exact) mass is 349 g/mol. The van der Waals surface area contributed by atoms with E-state index in [1.54, 1.807) is 18.2 Å². The third-order valence-electron chi connectivity index (χ3n) is 4.12. The molecule has 0 aliphatic rings.